The molecule has 3 unspecified atom stereocenters. The van der Waals surface area contributed by atoms with Crippen molar-refractivity contribution in [3.8, 4) is 0 Å². The Balaban J connectivity index is 1.66. The molecule has 1 N–H and O–H groups in total. The fraction of sp³-hybridized carbons (Fsp3) is 0.800. The normalized spacial score (nSPS) is 35.5. The van der Waals surface area contributed by atoms with E-state index in [1.807, 2.05) is 0 Å². The highest BCUT2D eigenvalue weighted by Crippen LogP contribution is 2.42. The van der Waals surface area contributed by atoms with Crippen LogP contribution in [0.4, 0.5) is 13.2 Å². The van der Waals surface area contributed by atoms with E-state index in [1.54, 1.807) is 0 Å². The van der Waals surface area contributed by atoms with Crippen LogP contribution in [0.25, 0.3) is 0 Å². The number of alkyl halides is 3. The second kappa shape index (κ2) is 3.57. The zero-order chi connectivity index (χ0) is 10.2. The minimum absolute atomic E-state index is 0.0607. The van der Waals surface area contributed by atoms with Crippen LogP contribution in [-0.4, -0.2) is 18.8 Å². The van der Waals surface area contributed by atoms with Crippen LogP contribution < -0.4 is 5.32 Å². The first-order valence-corrected chi connectivity index (χ1v) is 5.03. The molecule has 80 valence electrons. The summed E-state index contributed by atoms with van der Waals surface area (Å²) in [5, 5.41) is 2.98. The van der Waals surface area contributed by atoms with Gasteiger partial charge in [0.05, 0.1) is 6.42 Å². The average molecular weight is 205 g/mol. The largest absolute Gasteiger partial charge is 0.390 e. The third kappa shape index (κ3) is 2.11. The van der Waals surface area contributed by atoms with E-state index in [0.717, 1.165) is 12.8 Å². The van der Waals surface area contributed by atoms with E-state index >= 15 is 0 Å². The first-order valence-electron chi connectivity index (χ1n) is 5.03. The van der Waals surface area contributed by atoms with Crippen LogP contribution in [0.2, 0.25) is 0 Å². The van der Waals surface area contributed by atoms with Gasteiger partial charge in [0, 0.05) is 12.6 Å². The van der Waals surface area contributed by atoms with Crippen molar-refractivity contribution >= 4 is 0 Å². The molecule has 0 bridgehead atoms. The Kier molecular flexibility index (Phi) is 2.56. The Morgan fingerprint density at radius 3 is 2.79 bits per heavy atom. The highest BCUT2D eigenvalue weighted by Gasteiger charge is 2.40. The molecule has 0 aromatic rings. The highest BCUT2D eigenvalue weighted by atomic mass is 19.4. The molecule has 14 heavy (non-hydrogen) atoms. The Bertz CT molecular complexity index is 234. The first-order chi connectivity index (χ1) is 6.56. The lowest BCUT2D eigenvalue weighted by Crippen LogP contribution is -2.48. The maximum absolute atomic E-state index is 11.8. The van der Waals surface area contributed by atoms with Crippen molar-refractivity contribution in [2.75, 3.05) is 6.54 Å². The van der Waals surface area contributed by atoms with Crippen LogP contribution >= 0.6 is 0 Å². The molecule has 0 aromatic carbocycles. The van der Waals surface area contributed by atoms with Crippen molar-refractivity contribution in [1.82, 2.24) is 5.32 Å². The summed E-state index contributed by atoms with van der Waals surface area (Å²) >= 11 is 0. The summed E-state index contributed by atoms with van der Waals surface area (Å²) in [7, 11) is 0. The third-order valence-electron chi connectivity index (χ3n) is 3.18. The predicted octanol–water partition coefficient (Wildman–Crippen LogP) is 2.49. The van der Waals surface area contributed by atoms with Gasteiger partial charge in [-0.2, -0.15) is 13.2 Å². The summed E-state index contributed by atoms with van der Waals surface area (Å²) in [5.74, 6) is 1.21. The molecule has 0 spiro atoms. The van der Waals surface area contributed by atoms with Gasteiger partial charge in [-0.25, -0.2) is 0 Å². The quantitative estimate of drug-likeness (QED) is 0.698. The van der Waals surface area contributed by atoms with E-state index in [2.05, 4.69) is 17.5 Å². The topological polar surface area (TPSA) is 12.0 Å². The van der Waals surface area contributed by atoms with Gasteiger partial charge in [0.2, 0.25) is 0 Å². The first kappa shape index (κ1) is 10.0. The molecule has 2 aliphatic carbocycles. The van der Waals surface area contributed by atoms with Gasteiger partial charge in [0.15, 0.2) is 0 Å². The molecule has 0 aromatic heterocycles. The van der Waals surface area contributed by atoms with Gasteiger partial charge in [-0.3, -0.25) is 0 Å². The molecule has 1 saturated carbocycles. The molecule has 4 heteroatoms. The minimum atomic E-state index is -4.03. The number of hydrogen-bond donors (Lipinski definition) is 1. The predicted molar refractivity (Wildman–Crippen MR) is 47.8 cm³/mol. The van der Waals surface area contributed by atoms with E-state index in [9.17, 15) is 13.2 Å². The standard InChI is InChI=1S/C10H14F3N/c11-10(12,13)4-5-14-9-6-7-2-1-3-8(7)9/h1,3,7-9,14H,2,4-6H2. The SMILES string of the molecule is FC(F)(F)CCNC1CC2CC=CC21. The summed E-state index contributed by atoms with van der Waals surface area (Å²) in [6, 6.07) is 0.293. The van der Waals surface area contributed by atoms with Gasteiger partial charge in [-0.05, 0) is 24.7 Å². The van der Waals surface area contributed by atoms with Crippen LogP contribution in [-0.2, 0) is 0 Å². The summed E-state index contributed by atoms with van der Waals surface area (Å²) in [4.78, 5) is 0. The molecule has 0 aliphatic heterocycles. The monoisotopic (exact) mass is 205 g/mol. The van der Waals surface area contributed by atoms with Gasteiger partial charge in [-0.1, -0.05) is 12.2 Å². The molecular formula is C10H14F3N. The summed E-state index contributed by atoms with van der Waals surface area (Å²) in [5.41, 5.74) is 0. The molecule has 0 radical (unpaired) electrons. The highest BCUT2D eigenvalue weighted by molar-refractivity contribution is 5.12. The average Bonchev–Trinajstić information content (AvgIpc) is 2.39. The van der Waals surface area contributed by atoms with Crippen LogP contribution in [0.1, 0.15) is 19.3 Å². The maximum Gasteiger partial charge on any atom is 0.390 e. The van der Waals surface area contributed by atoms with E-state index < -0.39 is 12.6 Å². The van der Waals surface area contributed by atoms with Gasteiger partial charge < -0.3 is 5.32 Å². The Morgan fingerprint density at radius 1 is 1.36 bits per heavy atom. The van der Waals surface area contributed by atoms with Crippen molar-refractivity contribution in [3.63, 3.8) is 0 Å². The molecule has 1 nitrogen and oxygen atoms in total. The minimum Gasteiger partial charge on any atom is -0.313 e. The fourth-order valence-electron chi connectivity index (χ4n) is 2.35. The van der Waals surface area contributed by atoms with Crippen molar-refractivity contribution < 1.29 is 13.2 Å². The Morgan fingerprint density at radius 2 is 2.14 bits per heavy atom. The van der Waals surface area contributed by atoms with Gasteiger partial charge in [-0.15, -0.1) is 0 Å². The molecular weight excluding hydrogens is 191 g/mol. The molecule has 0 saturated heterocycles. The van der Waals surface area contributed by atoms with E-state index in [0.29, 0.717) is 17.9 Å². The number of allylic oxidation sites excluding steroid dienone is 1. The number of hydrogen-bond acceptors (Lipinski definition) is 1. The Labute approximate surface area is 81.4 Å². The van der Waals surface area contributed by atoms with Crippen molar-refractivity contribution in [3.05, 3.63) is 12.2 Å². The molecule has 2 aliphatic rings. The van der Waals surface area contributed by atoms with Crippen LogP contribution in [0.5, 0.6) is 0 Å². The molecule has 1 fully saturated rings. The van der Waals surface area contributed by atoms with Gasteiger partial charge >= 0.3 is 6.18 Å². The van der Waals surface area contributed by atoms with E-state index in [1.165, 1.54) is 0 Å². The lowest BCUT2D eigenvalue weighted by Gasteiger charge is -2.40. The lowest BCUT2D eigenvalue weighted by molar-refractivity contribution is -0.134. The molecule has 0 heterocycles. The maximum atomic E-state index is 11.8. The van der Waals surface area contributed by atoms with Crippen LogP contribution in [0.3, 0.4) is 0 Å². The van der Waals surface area contributed by atoms with Crippen molar-refractivity contribution in [2.24, 2.45) is 11.8 Å². The second-order valence-electron chi connectivity index (χ2n) is 4.16. The lowest BCUT2D eigenvalue weighted by atomic mass is 9.71. The zero-order valence-electron chi connectivity index (χ0n) is 7.85. The zero-order valence-corrected chi connectivity index (χ0v) is 7.85. The fourth-order valence-corrected chi connectivity index (χ4v) is 2.35. The number of halogens is 3. The van der Waals surface area contributed by atoms with Crippen molar-refractivity contribution in [1.29, 1.82) is 0 Å². The smallest absolute Gasteiger partial charge is 0.313 e. The van der Waals surface area contributed by atoms with E-state index in [4.69, 9.17) is 0 Å². The number of fused-ring (bicyclic) bond motifs is 1. The summed E-state index contributed by atoms with van der Waals surface area (Å²) in [6.07, 6.45) is 1.68. The third-order valence-corrected chi connectivity index (χ3v) is 3.18. The van der Waals surface area contributed by atoms with Crippen LogP contribution in [0.15, 0.2) is 12.2 Å². The number of rotatable bonds is 3. The molecule has 3 atom stereocenters. The number of nitrogens with one attached hydrogen (secondary N) is 1. The summed E-state index contributed by atoms with van der Waals surface area (Å²) < 4.78 is 35.5. The van der Waals surface area contributed by atoms with E-state index in [-0.39, 0.29) is 6.54 Å². The second-order valence-corrected chi connectivity index (χ2v) is 4.16. The molecule has 2 rings (SSSR count). The van der Waals surface area contributed by atoms with Crippen LogP contribution in [0, 0.1) is 11.8 Å². The van der Waals surface area contributed by atoms with Gasteiger partial charge in [0.25, 0.3) is 0 Å². The van der Waals surface area contributed by atoms with Crippen molar-refractivity contribution in [2.45, 2.75) is 31.5 Å². The molecule has 0 amide bonds. The Hall–Kier alpha value is -0.510. The van der Waals surface area contributed by atoms with Gasteiger partial charge in [0.1, 0.15) is 0 Å². The summed E-state index contributed by atoms with van der Waals surface area (Å²) in [6.45, 7) is 0.0607.